The van der Waals surface area contributed by atoms with E-state index in [4.69, 9.17) is 9.47 Å². The van der Waals surface area contributed by atoms with Crippen LogP contribution in [0.5, 0.6) is 11.5 Å². The maximum Gasteiger partial charge on any atom is 0.338 e. The number of carbonyl (C=O) groups excluding carboxylic acids is 2. The van der Waals surface area contributed by atoms with Gasteiger partial charge in [-0.25, -0.2) is 9.79 Å². The van der Waals surface area contributed by atoms with Crippen LogP contribution in [0, 0.1) is 0 Å². The SMILES string of the molecule is CC1=C(C(=O)OCc2ccccc2)C(c2cccc(Oc3ccccc3)c2)N2C(=O)CCSC2=N1. The molecule has 0 spiro atoms. The Balaban J connectivity index is 1.50. The second-order valence-corrected chi connectivity index (χ2v) is 9.27. The minimum atomic E-state index is -0.648. The number of rotatable bonds is 6. The van der Waals surface area contributed by atoms with Crippen molar-refractivity contribution in [3.8, 4) is 11.5 Å². The van der Waals surface area contributed by atoms with Gasteiger partial charge in [-0.1, -0.05) is 72.4 Å². The van der Waals surface area contributed by atoms with Crippen molar-refractivity contribution in [3.05, 3.63) is 107 Å². The number of thioether (sulfide) groups is 1. The highest BCUT2D eigenvalue weighted by atomic mass is 32.2. The topological polar surface area (TPSA) is 68.2 Å². The molecule has 0 aliphatic carbocycles. The monoisotopic (exact) mass is 484 g/mol. The first-order valence-electron chi connectivity index (χ1n) is 11.4. The summed E-state index contributed by atoms with van der Waals surface area (Å²) in [7, 11) is 0. The number of aliphatic imine (C=N–C) groups is 1. The van der Waals surface area contributed by atoms with Crippen molar-refractivity contribution in [2.75, 3.05) is 5.75 Å². The van der Waals surface area contributed by atoms with Gasteiger partial charge in [-0.3, -0.25) is 9.69 Å². The number of amides is 1. The van der Waals surface area contributed by atoms with E-state index in [2.05, 4.69) is 4.99 Å². The lowest BCUT2D eigenvalue weighted by atomic mass is 9.94. The first kappa shape index (κ1) is 22.9. The summed E-state index contributed by atoms with van der Waals surface area (Å²) in [5, 5.41) is 0.609. The minimum absolute atomic E-state index is 0.0669. The molecular formula is C28H24N2O4S. The smallest absolute Gasteiger partial charge is 0.338 e. The van der Waals surface area contributed by atoms with Crippen LogP contribution in [0.15, 0.2) is 101 Å². The molecule has 2 aliphatic heterocycles. The molecule has 0 bridgehead atoms. The molecule has 2 aliphatic rings. The van der Waals surface area contributed by atoms with Crippen LogP contribution in [0.1, 0.15) is 30.5 Å². The number of hydrogen-bond donors (Lipinski definition) is 0. The Morgan fingerprint density at radius 2 is 1.71 bits per heavy atom. The maximum absolute atomic E-state index is 13.4. The first-order chi connectivity index (χ1) is 17.1. The van der Waals surface area contributed by atoms with Crippen LogP contribution in [0.2, 0.25) is 0 Å². The zero-order valence-electron chi connectivity index (χ0n) is 19.2. The molecule has 0 aromatic heterocycles. The molecule has 1 saturated heterocycles. The van der Waals surface area contributed by atoms with Crippen LogP contribution in [-0.4, -0.2) is 27.7 Å². The lowest BCUT2D eigenvalue weighted by Crippen LogP contribution is -2.45. The number of amidine groups is 1. The highest BCUT2D eigenvalue weighted by Gasteiger charge is 2.41. The molecule has 0 radical (unpaired) electrons. The van der Waals surface area contributed by atoms with Gasteiger partial charge in [0.15, 0.2) is 5.17 Å². The van der Waals surface area contributed by atoms with Gasteiger partial charge in [0.2, 0.25) is 5.91 Å². The number of ether oxygens (including phenoxy) is 2. The van der Waals surface area contributed by atoms with E-state index >= 15 is 0 Å². The number of carbonyl (C=O) groups is 2. The molecule has 0 saturated carbocycles. The van der Waals surface area contributed by atoms with Crippen molar-refractivity contribution in [1.82, 2.24) is 4.90 Å². The number of allylic oxidation sites excluding steroid dienone is 1. The summed E-state index contributed by atoms with van der Waals surface area (Å²) >= 11 is 1.52. The third-order valence-electron chi connectivity index (χ3n) is 5.79. The fraction of sp³-hybridized carbons (Fsp3) is 0.179. The lowest BCUT2D eigenvalue weighted by Gasteiger charge is -2.39. The van der Waals surface area contributed by atoms with E-state index in [9.17, 15) is 9.59 Å². The van der Waals surface area contributed by atoms with Gasteiger partial charge in [0, 0.05) is 12.2 Å². The van der Waals surface area contributed by atoms with Gasteiger partial charge in [-0.15, -0.1) is 0 Å². The standard InChI is InChI=1S/C28H24N2O4S/c1-19-25(27(32)33-18-20-9-4-2-5-10-20)26(30-24(31)15-16-35-28(30)29-19)21-11-8-14-23(17-21)34-22-12-6-3-7-13-22/h2-14,17,26H,15-16,18H2,1H3. The van der Waals surface area contributed by atoms with Gasteiger partial charge in [-0.2, -0.15) is 0 Å². The van der Waals surface area contributed by atoms with Gasteiger partial charge in [0.25, 0.3) is 0 Å². The fourth-order valence-electron chi connectivity index (χ4n) is 4.15. The molecule has 1 fully saturated rings. The third-order valence-corrected chi connectivity index (χ3v) is 6.75. The Kier molecular flexibility index (Phi) is 6.68. The third kappa shape index (κ3) is 5.00. The van der Waals surface area contributed by atoms with Gasteiger partial charge < -0.3 is 9.47 Å². The summed E-state index contributed by atoms with van der Waals surface area (Å²) in [5.74, 6) is 1.43. The predicted octanol–water partition coefficient (Wildman–Crippen LogP) is 5.87. The zero-order chi connectivity index (χ0) is 24.2. The van der Waals surface area contributed by atoms with E-state index in [-0.39, 0.29) is 12.5 Å². The molecule has 5 rings (SSSR count). The average Bonchev–Trinajstić information content (AvgIpc) is 2.88. The number of hydrogen-bond acceptors (Lipinski definition) is 6. The van der Waals surface area contributed by atoms with Gasteiger partial charge in [0.05, 0.1) is 17.3 Å². The molecule has 1 atom stereocenters. The van der Waals surface area contributed by atoms with Crippen LogP contribution in [0.3, 0.4) is 0 Å². The Morgan fingerprint density at radius 1 is 1.00 bits per heavy atom. The summed E-state index contributed by atoms with van der Waals surface area (Å²) in [4.78, 5) is 32.7. The van der Waals surface area contributed by atoms with E-state index < -0.39 is 12.0 Å². The summed E-state index contributed by atoms with van der Waals surface area (Å²) in [6, 6.07) is 25.8. The quantitative estimate of drug-likeness (QED) is 0.409. The summed E-state index contributed by atoms with van der Waals surface area (Å²) in [6.07, 6.45) is 0.381. The van der Waals surface area contributed by atoms with Crippen LogP contribution < -0.4 is 4.74 Å². The van der Waals surface area contributed by atoms with Gasteiger partial charge in [-0.05, 0) is 42.3 Å². The number of nitrogens with zero attached hydrogens (tertiary/aromatic N) is 2. The Bertz CT molecular complexity index is 1300. The Hall–Kier alpha value is -3.84. The Morgan fingerprint density at radius 3 is 2.49 bits per heavy atom. The van der Waals surface area contributed by atoms with Crippen molar-refractivity contribution in [2.24, 2.45) is 4.99 Å². The van der Waals surface area contributed by atoms with Crippen molar-refractivity contribution >= 4 is 28.8 Å². The number of fused-ring (bicyclic) bond motifs is 1. The molecule has 176 valence electrons. The Labute approximate surface area is 208 Å². The number of benzene rings is 3. The highest BCUT2D eigenvalue weighted by Crippen LogP contribution is 2.41. The number of esters is 1. The van der Waals surface area contributed by atoms with Crippen LogP contribution in [0.4, 0.5) is 0 Å². The van der Waals surface area contributed by atoms with Crippen LogP contribution in [-0.2, 0) is 20.9 Å². The van der Waals surface area contributed by atoms with E-state index in [1.165, 1.54) is 11.8 Å². The molecule has 3 aromatic carbocycles. The summed E-state index contributed by atoms with van der Waals surface area (Å²) < 4.78 is 11.7. The fourth-order valence-corrected chi connectivity index (χ4v) is 5.15. The predicted molar refractivity (Wildman–Crippen MR) is 136 cm³/mol. The molecule has 7 heteroatoms. The normalized spacial score (nSPS) is 17.5. The molecule has 1 amide bonds. The van der Waals surface area contributed by atoms with Crippen molar-refractivity contribution in [3.63, 3.8) is 0 Å². The minimum Gasteiger partial charge on any atom is -0.457 e. The van der Waals surface area contributed by atoms with Gasteiger partial charge in [0.1, 0.15) is 18.1 Å². The lowest BCUT2D eigenvalue weighted by molar-refractivity contribution is -0.141. The molecule has 1 unspecified atom stereocenters. The van der Waals surface area contributed by atoms with E-state index in [1.54, 1.807) is 11.8 Å². The molecular weight excluding hydrogens is 460 g/mol. The highest BCUT2D eigenvalue weighted by molar-refractivity contribution is 8.14. The molecule has 35 heavy (non-hydrogen) atoms. The largest absolute Gasteiger partial charge is 0.457 e. The maximum atomic E-state index is 13.4. The van der Waals surface area contributed by atoms with Crippen molar-refractivity contribution in [2.45, 2.75) is 26.0 Å². The number of para-hydroxylation sites is 1. The average molecular weight is 485 g/mol. The van der Waals surface area contributed by atoms with E-state index in [1.807, 2.05) is 84.9 Å². The van der Waals surface area contributed by atoms with Crippen LogP contribution in [0.25, 0.3) is 0 Å². The van der Waals surface area contributed by atoms with Crippen molar-refractivity contribution in [1.29, 1.82) is 0 Å². The second kappa shape index (κ2) is 10.2. The van der Waals surface area contributed by atoms with E-state index in [0.717, 1.165) is 11.1 Å². The molecule has 6 nitrogen and oxygen atoms in total. The molecule has 3 aromatic rings. The van der Waals surface area contributed by atoms with Crippen LogP contribution >= 0.6 is 11.8 Å². The zero-order valence-corrected chi connectivity index (χ0v) is 20.0. The summed E-state index contributed by atoms with van der Waals surface area (Å²) in [6.45, 7) is 1.93. The van der Waals surface area contributed by atoms with Gasteiger partial charge >= 0.3 is 5.97 Å². The van der Waals surface area contributed by atoms with E-state index in [0.29, 0.717) is 40.1 Å². The first-order valence-corrected chi connectivity index (χ1v) is 12.4. The summed E-state index contributed by atoms with van der Waals surface area (Å²) in [5.41, 5.74) is 2.56. The second-order valence-electron chi connectivity index (χ2n) is 8.21. The van der Waals surface area contributed by atoms with Crippen molar-refractivity contribution < 1.29 is 19.1 Å². The molecule has 2 heterocycles. The molecule has 0 N–H and O–H groups in total.